The molecule has 1 saturated heterocycles. The van der Waals surface area contributed by atoms with E-state index in [4.69, 9.17) is 0 Å². The molecule has 8 nitrogen and oxygen atoms in total. The Balaban J connectivity index is 1.61. The van der Waals surface area contributed by atoms with Crippen molar-refractivity contribution in [2.24, 2.45) is 0 Å². The number of carbonyl (C=O) groups is 1. The van der Waals surface area contributed by atoms with Crippen LogP contribution in [0.5, 0.6) is 0 Å². The number of hydrogen-bond acceptors (Lipinski definition) is 6. The number of H-pyrrole nitrogens is 1. The molecule has 4 heterocycles. The van der Waals surface area contributed by atoms with E-state index in [9.17, 15) is 18.0 Å². The molecule has 3 aromatic heterocycles. The first-order chi connectivity index (χ1) is 13.9. The molecule has 1 amide bonds. The molecule has 4 rings (SSSR count). The first-order valence-electron chi connectivity index (χ1n) is 9.14. The zero-order chi connectivity index (χ0) is 20.4. The smallest absolute Gasteiger partial charge is 0.345 e. The number of nitrogens with one attached hydrogen (secondary N) is 2. The molecule has 1 atom stereocenters. The van der Waals surface area contributed by atoms with Gasteiger partial charge >= 0.3 is 6.18 Å². The third kappa shape index (κ3) is 4.13. The highest BCUT2D eigenvalue weighted by atomic mass is 19.4. The van der Waals surface area contributed by atoms with Crippen LogP contribution in [0.25, 0.3) is 22.4 Å². The van der Waals surface area contributed by atoms with Gasteiger partial charge in [0.2, 0.25) is 5.91 Å². The number of anilines is 1. The standard InChI is InChI=1S/C18H18F3N7O/c19-18(20,21)9-25-17(29)13-3-1-2-6-28(13)14-4-5-23-16(27-14)12-8-24-15-11(12)7-22-10-26-15/h4-5,7-8,10,13H,1-3,6,9H2,(H,25,29)(H,22,24,26)/t13-/m0/s1. The first kappa shape index (κ1) is 19.1. The minimum atomic E-state index is -4.45. The summed E-state index contributed by atoms with van der Waals surface area (Å²) in [6.45, 7) is -0.821. The second-order valence-corrected chi connectivity index (χ2v) is 6.76. The SMILES string of the molecule is O=C(NCC(F)(F)F)[C@@H]1CCCCN1c1ccnc(-c2c[nH]c3ncncc23)n1. The Hall–Kier alpha value is -3.24. The maximum atomic E-state index is 12.5. The van der Waals surface area contributed by atoms with Gasteiger partial charge in [0.25, 0.3) is 0 Å². The molecule has 0 spiro atoms. The number of alkyl halides is 3. The Morgan fingerprint density at radius 2 is 2.17 bits per heavy atom. The number of fused-ring (bicyclic) bond motifs is 1. The zero-order valence-electron chi connectivity index (χ0n) is 15.3. The molecule has 0 saturated carbocycles. The van der Waals surface area contributed by atoms with Crippen molar-refractivity contribution >= 4 is 22.8 Å². The van der Waals surface area contributed by atoms with Gasteiger partial charge in [-0.25, -0.2) is 19.9 Å². The van der Waals surface area contributed by atoms with E-state index in [-0.39, 0.29) is 0 Å². The average Bonchev–Trinajstić information content (AvgIpc) is 3.16. The molecule has 11 heteroatoms. The highest BCUT2D eigenvalue weighted by molar-refractivity contribution is 5.91. The Morgan fingerprint density at radius 3 is 3.00 bits per heavy atom. The van der Waals surface area contributed by atoms with Crippen LogP contribution in [-0.2, 0) is 4.79 Å². The molecular weight excluding hydrogens is 387 g/mol. The average molecular weight is 405 g/mol. The van der Waals surface area contributed by atoms with Crippen molar-refractivity contribution in [3.05, 3.63) is 31.0 Å². The number of hydrogen-bond donors (Lipinski definition) is 2. The molecule has 29 heavy (non-hydrogen) atoms. The second-order valence-electron chi connectivity index (χ2n) is 6.76. The molecule has 1 aliphatic rings. The maximum absolute atomic E-state index is 12.5. The topological polar surface area (TPSA) is 99.7 Å². The summed E-state index contributed by atoms with van der Waals surface area (Å²) >= 11 is 0. The molecule has 0 bridgehead atoms. The summed E-state index contributed by atoms with van der Waals surface area (Å²) in [4.78, 5) is 34.2. The first-order valence-corrected chi connectivity index (χ1v) is 9.14. The number of halogens is 3. The van der Waals surface area contributed by atoms with Crippen molar-refractivity contribution in [1.29, 1.82) is 0 Å². The van der Waals surface area contributed by atoms with E-state index in [1.54, 1.807) is 29.6 Å². The second kappa shape index (κ2) is 7.64. The summed E-state index contributed by atoms with van der Waals surface area (Å²) in [5.41, 5.74) is 1.35. The fourth-order valence-corrected chi connectivity index (χ4v) is 3.47. The highest BCUT2D eigenvalue weighted by Crippen LogP contribution is 2.28. The van der Waals surface area contributed by atoms with E-state index in [1.807, 2.05) is 5.32 Å². The maximum Gasteiger partial charge on any atom is 0.405 e. The molecule has 1 fully saturated rings. The molecule has 3 aromatic rings. The van der Waals surface area contributed by atoms with Crippen LogP contribution in [0.3, 0.4) is 0 Å². The number of piperidine rings is 1. The number of nitrogens with zero attached hydrogens (tertiary/aromatic N) is 5. The Morgan fingerprint density at radius 1 is 1.31 bits per heavy atom. The van der Waals surface area contributed by atoms with Gasteiger partial charge in [-0.2, -0.15) is 13.2 Å². The lowest BCUT2D eigenvalue weighted by Crippen LogP contribution is -2.51. The van der Waals surface area contributed by atoms with Gasteiger partial charge < -0.3 is 15.2 Å². The van der Waals surface area contributed by atoms with Crippen molar-refractivity contribution < 1.29 is 18.0 Å². The molecule has 0 radical (unpaired) electrons. The number of rotatable bonds is 4. The van der Waals surface area contributed by atoms with Gasteiger partial charge in [-0.3, -0.25) is 4.79 Å². The van der Waals surface area contributed by atoms with Gasteiger partial charge in [-0.1, -0.05) is 0 Å². The van der Waals surface area contributed by atoms with Crippen LogP contribution >= 0.6 is 0 Å². The summed E-state index contributed by atoms with van der Waals surface area (Å²) in [5.74, 6) is 0.263. The lowest BCUT2D eigenvalue weighted by atomic mass is 10.0. The minimum Gasteiger partial charge on any atom is -0.345 e. The van der Waals surface area contributed by atoms with E-state index in [2.05, 4.69) is 24.9 Å². The van der Waals surface area contributed by atoms with Crippen LogP contribution in [0.4, 0.5) is 19.0 Å². The predicted molar refractivity (Wildman–Crippen MR) is 99.0 cm³/mol. The van der Waals surface area contributed by atoms with E-state index in [1.165, 1.54) is 6.33 Å². The number of aromatic amines is 1. The summed E-state index contributed by atoms with van der Waals surface area (Å²) in [5, 5.41) is 2.74. The zero-order valence-corrected chi connectivity index (χ0v) is 15.3. The van der Waals surface area contributed by atoms with Crippen LogP contribution in [0.1, 0.15) is 19.3 Å². The molecule has 0 aromatic carbocycles. The van der Waals surface area contributed by atoms with E-state index in [0.717, 1.165) is 18.2 Å². The van der Waals surface area contributed by atoms with Gasteiger partial charge in [0, 0.05) is 36.1 Å². The number of amides is 1. The summed E-state index contributed by atoms with van der Waals surface area (Å²) in [6, 6.07) is 0.949. The number of carbonyl (C=O) groups excluding carboxylic acids is 1. The number of aromatic nitrogens is 5. The lowest BCUT2D eigenvalue weighted by molar-refractivity contribution is -0.139. The third-order valence-corrected chi connectivity index (χ3v) is 4.80. The van der Waals surface area contributed by atoms with E-state index < -0.39 is 24.7 Å². The van der Waals surface area contributed by atoms with Crippen LogP contribution in [-0.4, -0.2) is 56.1 Å². The highest BCUT2D eigenvalue weighted by Gasteiger charge is 2.33. The molecule has 0 aliphatic carbocycles. The largest absolute Gasteiger partial charge is 0.405 e. The Labute approximate surface area is 163 Å². The van der Waals surface area contributed by atoms with Gasteiger partial charge in [0.15, 0.2) is 5.82 Å². The van der Waals surface area contributed by atoms with Crippen LogP contribution in [0, 0.1) is 0 Å². The van der Waals surface area contributed by atoms with Gasteiger partial charge in [-0.15, -0.1) is 0 Å². The van der Waals surface area contributed by atoms with E-state index >= 15 is 0 Å². The van der Waals surface area contributed by atoms with Gasteiger partial charge in [0.1, 0.15) is 30.4 Å². The summed E-state index contributed by atoms with van der Waals surface area (Å²) in [7, 11) is 0. The normalized spacial score (nSPS) is 17.5. The van der Waals surface area contributed by atoms with Crippen molar-refractivity contribution in [3.63, 3.8) is 0 Å². The third-order valence-electron chi connectivity index (χ3n) is 4.80. The molecule has 2 N–H and O–H groups in total. The van der Waals surface area contributed by atoms with Crippen LogP contribution < -0.4 is 10.2 Å². The van der Waals surface area contributed by atoms with Crippen molar-refractivity contribution in [2.75, 3.05) is 18.0 Å². The van der Waals surface area contributed by atoms with Crippen molar-refractivity contribution in [2.45, 2.75) is 31.5 Å². The van der Waals surface area contributed by atoms with Crippen LogP contribution in [0.2, 0.25) is 0 Å². The van der Waals surface area contributed by atoms with Crippen molar-refractivity contribution in [3.8, 4) is 11.4 Å². The van der Waals surface area contributed by atoms with Gasteiger partial charge in [-0.05, 0) is 25.3 Å². The summed E-state index contributed by atoms with van der Waals surface area (Å²) < 4.78 is 37.4. The molecule has 0 unspecified atom stereocenters. The fraction of sp³-hybridized carbons (Fsp3) is 0.389. The summed E-state index contributed by atoms with van der Waals surface area (Å²) in [6.07, 6.45) is 3.97. The monoisotopic (exact) mass is 405 g/mol. The lowest BCUT2D eigenvalue weighted by Gasteiger charge is -2.35. The Bertz CT molecular complexity index is 1020. The van der Waals surface area contributed by atoms with Crippen LogP contribution in [0.15, 0.2) is 31.0 Å². The van der Waals surface area contributed by atoms with E-state index in [0.29, 0.717) is 35.8 Å². The minimum absolute atomic E-state index is 0.420. The Kier molecular flexibility index (Phi) is 5.03. The molecule has 152 valence electrons. The van der Waals surface area contributed by atoms with Gasteiger partial charge in [0.05, 0.1) is 0 Å². The van der Waals surface area contributed by atoms with Crippen molar-refractivity contribution in [1.82, 2.24) is 30.2 Å². The quantitative estimate of drug-likeness (QED) is 0.692. The predicted octanol–water partition coefficient (Wildman–Crippen LogP) is 2.45. The fourth-order valence-electron chi connectivity index (χ4n) is 3.47. The molecular formula is C18H18F3N7O. The molecule has 1 aliphatic heterocycles.